The van der Waals surface area contributed by atoms with Crippen molar-refractivity contribution in [3.05, 3.63) is 95.8 Å². The van der Waals surface area contributed by atoms with Gasteiger partial charge in [-0.25, -0.2) is 9.97 Å². The number of imidazole rings is 1. The number of thiophene rings is 1. The molecule has 5 rings (SSSR count). The van der Waals surface area contributed by atoms with E-state index >= 15 is 0 Å². The Morgan fingerprint density at radius 1 is 0.935 bits per heavy atom. The third-order valence-corrected chi connectivity index (χ3v) is 5.85. The van der Waals surface area contributed by atoms with Crippen molar-refractivity contribution in [2.75, 3.05) is 5.32 Å². The second kappa shape index (κ2) is 8.49. The Kier molecular flexibility index (Phi) is 5.24. The van der Waals surface area contributed by atoms with Gasteiger partial charge in [-0.2, -0.15) is 0 Å². The molecule has 0 spiro atoms. The molecule has 0 saturated heterocycles. The lowest BCUT2D eigenvalue weighted by molar-refractivity contribution is 0.102. The van der Waals surface area contributed by atoms with Crippen LogP contribution in [0.4, 0.5) is 5.95 Å². The second-order valence-corrected chi connectivity index (χ2v) is 7.93. The number of carbonyl (C=O) groups is 1. The molecule has 0 saturated carbocycles. The van der Waals surface area contributed by atoms with Gasteiger partial charge in [0.05, 0.1) is 21.6 Å². The number of anilines is 1. The fourth-order valence-electron chi connectivity index (χ4n) is 3.46. The zero-order valence-corrected chi connectivity index (χ0v) is 17.4. The minimum absolute atomic E-state index is 0.284. The van der Waals surface area contributed by atoms with Crippen molar-refractivity contribution >= 4 is 34.2 Å². The lowest BCUT2D eigenvalue weighted by atomic mass is 10.2. The van der Waals surface area contributed by atoms with Crippen LogP contribution in [0, 0.1) is 0 Å². The van der Waals surface area contributed by atoms with E-state index in [2.05, 4.69) is 20.3 Å². The van der Waals surface area contributed by atoms with E-state index in [1.54, 1.807) is 23.6 Å². The van der Waals surface area contributed by atoms with Crippen molar-refractivity contribution in [3.63, 3.8) is 0 Å². The van der Waals surface area contributed by atoms with Crippen LogP contribution in [0.15, 0.2) is 84.4 Å². The van der Waals surface area contributed by atoms with E-state index < -0.39 is 0 Å². The minimum Gasteiger partial charge on any atom is -0.310 e. The first-order valence-corrected chi connectivity index (χ1v) is 10.8. The van der Waals surface area contributed by atoms with Crippen molar-refractivity contribution in [3.8, 4) is 10.6 Å². The summed E-state index contributed by atoms with van der Waals surface area (Å²) in [6.07, 6.45) is 2.52. The number of benzene rings is 1. The molecule has 0 aliphatic carbocycles. The number of aromatic nitrogens is 4. The number of fused-ring (bicyclic) bond motifs is 1. The quantitative estimate of drug-likeness (QED) is 0.413. The van der Waals surface area contributed by atoms with Gasteiger partial charge in [-0.05, 0) is 47.8 Å². The summed E-state index contributed by atoms with van der Waals surface area (Å²) in [6, 6.07) is 23.2. The molecule has 31 heavy (non-hydrogen) atoms. The van der Waals surface area contributed by atoms with Crippen LogP contribution in [0.2, 0.25) is 0 Å². The Bertz CT molecular complexity index is 1330. The summed E-state index contributed by atoms with van der Waals surface area (Å²) in [6.45, 7) is 0.649. The topological polar surface area (TPSA) is 72.7 Å². The average Bonchev–Trinajstić information content (AvgIpc) is 3.47. The number of amides is 1. The summed E-state index contributed by atoms with van der Waals surface area (Å²) in [5.74, 6) is 0.221. The average molecular weight is 426 g/mol. The fraction of sp³-hybridized carbons (Fsp3) is 0.0833. The number of pyridine rings is 2. The Balaban J connectivity index is 1.43. The van der Waals surface area contributed by atoms with Crippen LogP contribution >= 0.6 is 11.3 Å². The highest BCUT2D eigenvalue weighted by atomic mass is 32.1. The van der Waals surface area contributed by atoms with Crippen LogP contribution in [0.1, 0.15) is 16.2 Å². The number of rotatable bonds is 6. The number of hydrogen-bond acceptors (Lipinski definition) is 5. The summed E-state index contributed by atoms with van der Waals surface area (Å²) in [5, 5.41) is 4.95. The molecule has 7 heteroatoms. The van der Waals surface area contributed by atoms with Crippen LogP contribution in [0.5, 0.6) is 0 Å². The summed E-state index contributed by atoms with van der Waals surface area (Å²) in [7, 11) is 0. The maximum atomic E-state index is 13.0. The third-order valence-electron chi connectivity index (χ3n) is 4.95. The van der Waals surface area contributed by atoms with E-state index in [-0.39, 0.29) is 5.91 Å². The van der Waals surface area contributed by atoms with E-state index in [4.69, 9.17) is 0 Å². The Hall–Kier alpha value is -3.84. The molecular weight excluding hydrogens is 406 g/mol. The Morgan fingerprint density at radius 3 is 2.68 bits per heavy atom. The summed E-state index contributed by atoms with van der Waals surface area (Å²) in [5.41, 5.74) is 3.93. The second-order valence-electron chi connectivity index (χ2n) is 6.99. The van der Waals surface area contributed by atoms with Crippen LogP contribution < -0.4 is 5.32 Å². The molecule has 0 unspecified atom stereocenters. The molecule has 4 aromatic heterocycles. The molecule has 1 amide bonds. The standard InChI is InChI=1S/C24H19N5OS/c30-23(20-10-5-9-19(26-20)22-12-6-16-31-22)28-24-27-18-8-1-2-11-21(18)29(24)15-13-17-7-3-4-14-25-17/h1-12,14,16H,13,15H2,(H,27,28,30). The zero-order chi connectivity index (χ0) is 21.0. The Morgan fingerprint density at radius 2 is 1.84 bits per heavy atom. The van der Waals surface area contributed by atoms with Crippen molar-refractivity contribution in [2.45, 2.75) is 13.0 Å². The SMILES string of the molecule is O=C(Nc1nc2ccccc2n1CCc1ccccn1)c1cccc(-c2cccs2)n1. The largest absolute Gasteiger partial charge is 0.310 e. The van der Waals surface area contributed by atoms with E-state index in [9.17, 15) is 4.79 Å². The van der Waals surface area contributed by atoms with Gasteiger partial charge in [0.15, 0.2) is 0 Å². The minimum atomic E-state index is -0.284. The van der Waals surface area contributed by atoms with Crippen LogP contribution in [-0.2, 0) is 13.0 Å². The number of aryl methyl sites for hydroxylation is 2. The van der Waals surface area contributed by atoms with Gasteiger partial charge in [-0.3, -0.25) is 15.1 Å². The lowest BCUT2D eigenvalue weighted by Crippen LogP contribution is -2.18. The third kappa shape index (κ3) is 4.08. The molecular formula is C24H19N5OS. The normalized spacial score (nSPS) is 11.0. The Labute approximate surface area is 183 Å². The fourth-order valence-corrected chi connectivity index (χ4v) is 4.15. The number of hydrogen-bond donors (Lipinski definition) is 1. The van der Waals surface area contributed by atoms with E-state index in [0.717, 1.165) is 33.7 Å². The van der Waals surface area contributed by atoms with Crippen molar-refractivity contribution in [1.82, 2.24) is 19.5 Å². The highest BCUT2D eigenvalue weighted by Crippen LogP contribution is 2.24. The zero-order valence-electron chi connectivity index (χ0n) is 16.6. The highest BCUT2D eigenvalue weighted by molar-refractivity contribution is 7.13. The van der Waals surface area contributed by atoms with Gasteiger partial charge in [0, 0.05) is 24.9 Å². The van der Waals surface area contributed by atoms with Gasteiger partial charge in [0.2, 0.25) is 5.95 Å². The predicted molar refractivity (Wildman–Crippen MR) is 123 cm³/mol. The first kappa shape index (κ1) is 19.1. The van der Waals surface area contributed by atoms with Crippen LogP contribution in [-0.4, -0.2) is 25.4 Å². The molecule has 6 nitrogen and oxygen atoms in total. The number of para-hydroxylation sites is 2. The first-order valence-electron chi connectivity index (χ1n) is 9.95. The molecule has 152 valence electrons. The maximum absolute atomic E-state index is 13.0. The molecule has 1 N–H and O–H groups in total. The number of carbonyl (C=O) groups excluding carboxylic acids is 1. The maximum Gasteiger partial charge on any atom is 0.276 e. The number of nitrogens with zero attached hydrogens (tertiary/aromatic N) is 4. The summed E-state index contributed by atoms with van der Waals surface area (Å²) < 4.78 is 2.02. The van der Waals surface area contributed by atoms with Crippen molar-refractivity contribution < 1.29 is 4.79 Å². The van der Waals surface area contributed by atoms with Gasteiger partial charge >= 0.3 is 0 Å². The number of nitrogens with one attached hydrogen (secondary N) is 1. The first-order chi connectivity index (χ1) is 15.3. The van der Waals surface area contributed by atoms with Gasteiger partial charge in [0.25, 0.3) is 5.91 Å². The molecule has 0 radical (unpaired) electrons. The van der Waals surface area contributed by atoms with Gasteiger partial charge in [-0.1, -0.05) is 30.3 Å². The predicted octanol–water partition coefficient (Wildman–Crippen LogP) is 5.05. The van der Waals surface area contributed by atoms with Crippen LogP contribution in [0.25, 0.3) is 21.6 Å². The van der Waals surface area contributed by atoms with E-state index in [1.165, 1.54) is 0 Å². The molecule has 0 aliphatic heterocycles. The van der Waals surface area contributed by atoms with Gasteiger partial charge in [-0.15, -0.1) is 11.3 Å². The monoisotopic (exact) mass is 425 g/mol. The molecule has 0 fully saturated rings. The van der Waals surface area contributed by atoms with Gasteiger partial charge < -0.3 is 4.57 Å². The smallest absolute Gasteiger partial charge is 0.276 e. The van der Waals surface area contributed by atoms with Crippen LogP contribution in [0.3, 0.4) is 0 Å². The highest BCUT2D eigenvalue weighted by Gasteiger charge is 2.16. The molecule has 4 heterocycles. The van der Waals surface area contributed by atoms with E-state index in [0.29, 0.717) is 18.2 Å². The molecule has 0 aliphatic rings. The molecule has 0 atom stereocenters. The van der Waals surface area contributed by atoms with E-state index in [1.807, 2.05) is 76.7 Å². The summed E-state index contributed by atoms with van der Waals surface area (Å²) in [4.78, 5) is 27.6. The molecule has 1 aromatic carbocycles. The van der Waals surface area contributed by atoms with Crippen molar-refractivity contribution in [2.24, 2.45) is 0 Å². The van der Waals surface area contributed by atoms with Gasteiger partial charge in [0.1, 0.15) is 5.69 Å². The lowest BCUT2D eigenvalue weighted by Gasteiger charge is -2.10. The molecule has 0 bridgehead atoms. The summed E-state index contributed by atoms with van der Waals surface area (Å²) >= 11 is 1.59. The van der Waals surface area contributed by atoms with Crippen molar-refractivity contribution in [1.29, 1.82) is 0 Å². The molecule has 5 aromatic rings.